The van der Waals surface area contributed by atoms with Crippen molar-refractivity contribution in [2.45, 2.75) is 6.54 Å². The van der Waals surface area contributed by atoms with Crippen molar-refractivity contribution in [3.05, 3.63) is 76.7 Å². The number of aromatic amines is 1. The second-order valence-electron chi connectivity index (χ2n) is 4.69. The van der Waals surface area contributed by atoms with Gasteiger partial charge in [-0.2, -0.15) is 0 Å². The molecule has 0 fully saturated rings. The molecule has 0 unspecified atom stereocenters. The van der Waals surface area contributed by atoms with Crippen LogP contribution in [0.15, 0.2) is 64.5 Å². The van der Waals surface area contributed by atoms with Gasteiger partial charge in [-0.1, -0.05) is 6.07 Å². The summed E-state index contributed by atoms with van der Waals surface area (Å²) in [5, 5.41) is 2.75. The van der Waals surface area contributed by atoms with Crippen molar-refractivity contribution < 1.29 is 9.21 Å². The SMILES string of the molecule is O=C(NCc1ccc(-c2ccoc2)nc1)c1cc[nH]c(=O)c1. The lowest BCUT2D eigenvalue weighted by molar-refractivity contribution is 0.0950. The Kier molecular flexibility index (Phi) is 3.82. The van der Waals surface area contributed by atoms with Crippen molar-refractivity contribution in [1.82, 2.24) is 15.3 Å². The maximum absolute atomic E-state index is 11.9. The van der Waals surface area contributed by atoms with Gasteiger partial charge < -0.3 is 14.7 Å². The Bertz CT molecular complexity index is 820. The van der Waals surface area contributed by atoms with E-state index in [9.17, 15) is 9.59 Å². The molecule has 3 aromatic heterocycles. The summed E-state index contributed by atoms with van der Waals surface area (Å²) in [6.07, 6.45) is 6.35. The van der Waals surface area contributed by atoms with E-state index in [1.165, 1.54) is 12.3 Å². The van der Waals surface area contributed by atoms with E-state index in [1.807, 2.05) is 18.2 Å². The third-order valence-electron chi connectivity index (χ3n) is 3.13. The fraction of sp³-hybridized carbons (Fsp3) is 0.0625. The first kappa shape index (κ1) is 13.8. The number of pyridine rings is 2. The van der Waals surface area contributed by atoms with Gasteiger partial charge in [-0.15, -0.1) is 0 Å². The van der Waals surface area contributed by atoms with E-state index in [-0.39, 0.29) is 11.5 Å². The first-order valence-electron chi connectivity index (χ1n) is 6.67. The summed E-state index contributed by atoms with van der Waals surface area (Å²) in [6.45, 7) is 0.338. The molecule has 6 nitrogen and oxygen atoms in total. The van der Waals surface area contributed by atoms with Crippen LogP contribution in [0.5, 0.6) is 0 Å². The molecule has 0 aromatic carbocycles. The molecular formula is C16H13N3O3. The summed E-state index contributed by atoms with van der Waals surface area (Å²) in [5.41, 5.74) is 2.59. The van der Waals surface area contributed by atoms with Crippen molar-refractivity contribution in [2.75, 3.05) is 0 Å². The number of hydrogen-bond donors (Lipinski definition) is 2. The fourth-order valence-electron chi connectivity index (χ4n) is 1.98. The second kappa shape index (κ2) is 6.09. The minimum Gasteiger partial charge on any atom is -0.472 e. The molecule has 0 aliphatic heterocycles. The molecule has 0 bridgehead atoms. The summed E-state index contributed by atoms with van der Waals surface area (Å²) in [5.74, 6) is -0.301. The van der Waals surface area contributed by atoms with E-state index in [1.54, 1.807) is 24.8 Å². The first-order valence-corrected chi connectivity index (χ1v) is 6.67. The lowest BCUT2D eigenvalue weighted by Crippen LogP contribution is -2.24. The topological polar surface area (TPSA) is 88.0 Å². The van der Waals surface area contributed by atoms with E-state index in [0.29, 0.717) is 12.1 Å². The predicted molar refractivity (Wildman–Crippen MR) is 80.2 cm³/mol. The first-order chi connectivity index (χ1) is 10.7. The summed E-state index contributed by atoms with van der Waals surface area (Å²) >= 11 is 0. The zero-order valence-corrected chi connectivity index (χ0v) is 11.6. The Hall–Kier alpha value is -3.15. The van der Waals surface area contributed by atoms with Crippen LogP contribution in [0.4, 0.5) is 0 Å². The van der Waals surface area contributed by atoms with Crippen molar-refractivity contribution >= 4 is 5.91 Å². The number of amides is 1. The maximum atomic E-state index is 11.9. The number of aromatic nitrogens is 2. The third kappa shape index (κ3) is 3.12. The highest BCUT2D eigenvalue weighted by molar-refractivity contribution is 5.93. The highest BCUT2D eigenvalue weighted by atomic mass is 16.3. The van der Waals surface area contributed by atoms with Gasteiger partial charge in [0.1, 0.15) is 0 Å². The number of nitrogens with one attached hydrogen (secondary N) is 2. The largest absolute Gasteiger partial charge is 0.472 e. The zero-order valence-electron chi connectivity index (χ0n) is 11.6. The Morgan fingerprint density at radius 2 is 2.18 bits per heavy atom. The highest BCUT2D eigenvalue weighted by Crippen LogP contribution is 2.16. The van der Waals surface area contributed by atoms with Crippen LogP contribution >= 0.6 is 0 Å². The Morgan fingerprint density at radius 1 is 1.27 bits per heavy atom. The van der Waals surface area contributed by atoms with Crippen LogP contribution in [0.3, 0.4) is 0 Å². The minimum absolute atomic E-state index is 0.301. The van der Waals surface area contributed by atoms with Gasteiger partial charge in [-0.3, -0.25) is 14.6 Å². The summed E-state index contributed by atoms with van der Waals surface area (Å²) in [4.78, 5) is 29.9. The molecule has 0 saturated carbocycles. The highest BCUT2D eigenvalue weighted by Gasteiger charge is 2.06. The standard InChI is InChI=1S/C16H13N3O3/c20-15-7-12(3-5-17-15)16(21)19-9-11-1-2-14(18-8-11)13-4-6-22-10-13/h1-8,10H,9H2,(H,17,20)(H,19,21). The molecule has 110 valence electrons. The molecule has 0 atom stereocenters. The van der Waals surface area contributed by atoms with E-state index in [2.05, 4.69) is 15.3 Å². The monoisotopic (exact) mass is 295 g/mol. The second-order valence-corrected chi connectivity index (χ2v) is 4.69. The third-order valence-corrected chi connectivity index (χ3v) is 3.13. The smallest absolute Gasteiger partial charge is 0.251 e. The summed E-state index contributed by atoms with van der Waals surface area (Å²) < 4.78 is 5.01. The van der Waals surface area contributed by atoms with Gasteiger partial charge >= 0.3 is 0 Å². The summed E-state index contributed by atoms with van der Waals surface area (Å²) in [6, 6.07) is 8.39. The van der Waals surface area contributed by atoms with Gasteiger partial charge in [0, 0.05) is 36.1 Å². The number of rotatable bonds is 4. The number of nitrogens with zero attached hydrogens (tertiary/aromatic N) is 1. The Morgan fingerprint density at radius 3 is 2.86 bits per heavy atom. The molecule has 22 heavy (non-hydrogen) atoms. The predicted octanol–water partition coefficient (Wildman–Crippen LogP) is 1.96. The number of carbonyl (C=O) groups is 1. The van der Waals surface area contributed by atoms with Crippen molar-refractivity contribution in [3.63, 3.8) is 0 Å². The zero-order chi connectivity index (χ0) is 15.4. The van der Waals surface area contributed by atoms with Crippen molar-refractivity contribution in [2.24, 2.45) is 0 Å². The van der Waals surface area contributed by atoms with E-state index in [4.69, 9.17) is 4.42 Å². The number of furan rings is 1. The van der Waals surface area contributed by atoms with Gasteiger partial charge in [-0.05, 0) is 23.8 Å². The van der Waals surface area contributed by atoms with Crippen LogP contribution in [0, 0.1) is 0 Å². The van der Waals surface area contributed by atoms with Gasteiger partial charge in [0.2, 0.25) is 5.56 Å². The van der Waals surface area contributed by atoms with Gasteiger partial charge in [0.25, 0.3) is 5.91 Å². The molecule has 3 heterocycles. The molecule has 0 radical (unpaired) electrons. The summed E-state index contributed by atoms with van der Waals surface area (Å²) in [7, 11) is 0. The molecular weight excluding hydrogens is 282 g/mol. The Labute approximate surface area is 125 Å². The van der Waals surface area contributed by atoms with Crippen LogP contribution < -0.4 is 10.9 Å². The molecule has 1 amide bonds. The normalized spacial score (nSPS) is 10.4. The fourth-order valence-corrected chi connectivity index (χ4v) is 1.98. The lowest BCUT2D eigenvalue weighted by atomic mass is 10.2. The van der Waals surface area contributed by atoms with E-state index >= 15 is 0 Å². The van der Waals surface area contributed by atoms with Gasteiger partial charge in [0.05, 0.1) is 18.2 Å². The van der Waals surface area contributed by atoms with Crippen LogP contribution in [0.1, 0.15) is 15.9 Å². The molecule has 3 aromatic rings. The molecule has 0 aliphatic carbocycles. The quantitative estimate of drug-likeness (QED) is 0.770. The average molecular weight is 295 g/mol. The molecule has 2 N–H and O–H groups in total. The lowest BCUT2D eigenvalue weighted by Gasteiger charge is -2.05. The Balaban J connectivity index is 1.64. The van der Waals surface area contributed by atoms with Gasteiger partial charge in [0.15, 0.2) is 0 Å². The van der Waals surface area contributed by atoms with Crippen molar-refractivity contribution in [3.8, 4) is 11.3 Å². The van der Waals surface area contributed by atoms with Crippen LogP contribution in [-0.4, -0.2) is 15.9 Å². The van der Waals surface area contributed by atoms with Crippen LogP contribution in [-0.2, 0) is 6.54 Å². The average Bonchev–Trinajstić information content (AvgIpc) is 3.07. The van der Waals surface area contributed by atoms with Crippen LogP contribution in [0.2, 0.25) is 0 Å². The molecule has 6 heteroatoms. The van der Waals surface area contributed by atoms with E-state index < -0.39 is 0 Å². The molecule has 0 aliphatic rings. The number of hydrogen-bond acceptors (Lipinski definition) is 4. The number of H-pyrrole nitrogens is 1. The van der Waals surface area contributed by atoms with E-state index in [0.717, 1.165) is 16.8 Å². The number of carbonyl (C=O) groups excluding carboxylic acids is 1. The molecule has 0 spiro atoms. The molecule has 0 saturated heterocycles. The molecule has 3 rings (SSSR count). The van der Waals surface area contributed by atoms with Gasteiger partial charge in [-0.25, -0.2) is 0 Å². The van der Waals surface area contributed by atoms with Crippen molar-refractivity contribution in [1.29, 1.82) is 0 Å². The van der Waals surface area contributed by atoms with Crippen LogP contribution in [0.25, 0.3) is 11.3 Å². The minimum atomic E-state index is -0.307. The maximum Gasteiger partial charge on any atom is 0.251 e.